The van der Waals surface area contributed by atoms with Gasteiger partial charge in [-0.05, 0) is 23.6 Å². The third-order valence-corrected chi connectivity index (χ3v) is 3.74. The van der Waals surface area contributed by atoms with Gasteiger partial charge in [-0.25, -0.2) is 0 Å². The zero-order valence-corrected chi connectivity index (χ0v) is 12.0. The summed E-state index contributed by atoms with van der Waals surface area (Å²) in [5.74, 6) is 0. The van der Waals surface area contributed by atoms with Crippen LogP contribution in [-0.4, -0.2) is 13.0 Å². The highest BCUT2D eigenvalue weighted by Crippen LogP contribution is 2.21. The molecular weight excluding hydrogens is 286 g/mol. The van der Waals surface area contributed by atoms with Gasteiger partial charge in [-0.2, -0.15) is 8.42 Å². The minimum atomic E-state index is -4.13. The number of anilines is 1. The summed E-state index contributed by atoms with van der Waals surface area (Å²) in [6.45, 7) is 0. The van der Waals surface area contributed by atoms with Crippen molar-refractivity contribution < 1.29 is 13.0 Å². The van der Waals surface area contributed by atoms with Crippen LogP contribution >= 0.6 is 0 Å². The van der Waals surface area contributed by atoms with Crippen LogP contribution in [0.15, 0.2) is 77.7 Å². The molecule has 0 saturated heterocycles. The first-order chi connectivity index (χ1) is 9.98. The highest BCUT2D eigenvalue weighted by molar-refractivity contribution is 7.86. The van der Waals surface area contributed by atoms with Crippen LogP contribution in [0.25, 0.3) is 10.8 Å². The summed E-state index contributed by atoms with van der Waals surface area (Å²) in [6, 6.07) is 21.3. The zero-order chi connectivity index (χ0) is 15.3. The first kappa shape index (κ1) is 15.0. The number of benzene rings is 3. The third kappa shape index (κ3) is 4.05. The smallest absolute Gasteiger partial charge is 0.295 e. The van der Waals surface area contributed by atoms with Crippen molar-refractivity contribution in [2.75, 3.05) is 5.73 Å². The van der Waals surface area contributed by atoms with Gasteiger partial charge in [0.2, 0.25) is 0 Å². The Morgan fingerprint density at radius 3 is 1.90 bits per heavy atom. The number of fused-ring (bicyclic) bond motifs is 1. The maximum atomic E-state index is 11.0. The van der Waals surface area contributed by atoms with Crippen LogP contribution in [0.1, 0.15) is 0 Å². The van der Waals surface area contributed by atoms with Crippen molar-refractivity contribution >= 4 is 26.6 Å². The fourth-order valence-corrected chi connectivity index (χ4v) is 2.59. The second-order valence-corrected chi connectivity index (χ2v) is 5.75. The van der Waals surface area contributed by atoms with Crippen molar-refractivity contribution in [3.05, 3.63) is 72.8 Å². The van der Waals surface area contributed by atoms with E-state index in [0.29, 0.717) is 5.39 Å². The van der Waals surface area contributed by atoms with Crippen molar-refractivity contribution in [1.82, 2.24) is 0 Å². The summed E-state index contributed by atoms with van der Waals surface area (Å²) in [4.78, 5) is -0.0457. The van der Waals surface area contributed by atoms with Crippen LogP contribution in [0.3, 0.4) is 0 Å². The van der Waals surface area contributed by atoms with Gasteiger partial charge in [-0.3, -0.25) is 4.55 Å². The molecule has 0 heterocycles. The predicted molar refractivity (Wildman–Crippen MR) is 84.6 cm³/mol. The van der Waals surface area contributed by atoms with Crippen molar-refractivity contribution in [2.45, 2.75) is 4.90 Å². The molecule has 0 radical (unpaired) electrons. The lowest BCUT2D eigenvalue weighted by molar-refractivity contribution is 0.484. The number of nitrogens with two attached hydrogens (primary N) is 1. The minimum Gasteiger partial charge on any atom is -0.399 e. The molecule has 0 fully saturated rings. The molecule has 0 aliphatic rings. The number of nitrogen functional groups attached to an aromatic ring is 1. The molecule has 21 heavy (non-hydrogen) atoms. The van der Waals surface area contributed by atoms with Gasteiger partial charge in [0.25, 0.3) is 10.1 Å². The predicted octanol–water partition coefficient (Wildman–Crippen LogP) is 3.36. The monoisotopic (exact) mass is 301 g/mol. The van der Waals surface area contributed by atoms with E-state index in [2.05, 4.69) is 0 Å². The molecule has 0 saturated carbocycles. The Balaban J connectivity index is 0.000000194. The van der Waals surface area contributed by atoms with E-state index >= 15 is 0 Å². The summed E-state index contributed by atoms with van der Waals surface area (Å²) < 4.78 is 31.0. The molecule has 0 spiro atoms. The van der Waals surface area contributed by atoms with Crippen LogP contribution in [-0.2, 0) is 10.1 Å². The van der Waals surface area contributed by atoms with Crippen molar-refractivity contribution in [3.8, 4) is 0 Å². The molecule has 0 aliphatic heterocycles. The average molecular weight is 301 g/mol. The first-order valence-corrected chi connectivity index (χ1v) is 7.68. The molecule has 0 aromatic heterocycles. The lowest BCUT2D eigenvalue weighted by Gasteiger charge is -2.02. The summed E-state index contributed by atoms with van der Waals surface area (Å²) in [5, 5.41) is 1.33. The Labute approximate surface area is 123 Å². The van der Waals surface area contributed by atoms with Crippen LogP contribution in [0.4, 0.5) is 5.69 Å². The SMILES string of the molecule is Nc1ccccc1.O=S(=O)(O)c1cccc2ccccc12. The lowest BCUT2D eigenvalue weighted by atomic mass is 10.1. The Bertz CT molecular complexity index is 825. The van der Waals surface area contributed by atoms with Gasteiger partial charge in [0.1, 0.15) is 4.90 Å². The van der Waals surface area contributed by atoms with Crippen molar-refractivity contribution in [2.24, 2.45) is 0 Å². The minimum absolute atomic E-state index is 0.0457. The molecule has 0 amide bonds. The average Bonchev–Trinajstić information content (AvgIpc) is 2.47. The van der Waals surface area contributed by atoms with E-state index in [9.17, 15) is 8.42 Å². The van der Waals surface area contributed by atoms with Gasteiger partial charge in [0, 0.05) is 11.1 Å². The van der Waals surface area contributed by atoms with Crippen LogP contribution in [0.2, 0.25) is 0 Å². The topological polar surface area (TPSA) is 80.4 Å². The molecule has 0 atom stereocenters. The number of rotatable bonds is 1. The molecule has 0 unspecified atom stereocenters. The maximum absolute atomic E-state index is 11.0. The zero-order valence-electron chi connectivity index (χ0n) is 11.2. The summed E-state index contributed by atoms with van der Waals surface area (Å²) in [6.07, 6.45) is 0. The normalized spacial score (nSPS) is 10.7. The van der Waals surface area contributed by atoms with E-state index in [-0.39, 0.29) is 4.90 Å². The summed E-state index contributed by atoms with van der Waals surface area (Å²) >= 11 is 0. The van der Waals surface area contributed by atoms with Crippen LogP contribution in [0.5, 0.6) is 0 Å². The Morgan fingerprint density at radius 2 is 1.33 bits per heavy atom. The summed E-state index contributed by atoms with van der Waals surface area (Å²) in [5.41, 5.74) is 6.18. The van der Waals surface area contributed by atoms with Crippen molar-refractivity contribution in [1.29, 1.82) is 0 Å². The fourth-order valence-electron chi connectivity index (χ4n) is 1.87. The van der Waals surface area contributed by atoms with Crippen molar-refractivity contribution in [3.63, 3.8) is 0 Å². The highest BCUT2D eigenvalue weighted by atomic mass is 32.2. The molecule has 3 N–H and O–H groups in total. The van der Waals surface area contributed by atoms with E-state index in [1.807, 2.05) is 36.4 Å². The van der Waals surface area contributed by atoms with E-state index in [0.717, 1.165) is 11.1 Å². The second kappa shape index (κ2) is 6.39. The quantitative estimate of drug-likeness (QED) is 0.533. The molecule has 3 aromatic rings. The Kier molecular flexibility index (Phi) is 4.57. The third-order valence-electron chi connectivity index (χ3n) is 2.83. The maximum Gasteiger partial charge on any atom is 0.295 e. The molecule has 3 aromatic carbocycles. The van der Waals surface area contributed by atoms with Gasteiger partial charge in [0.15, 0.2) is 0 Å². The standard InChI is InChI=1S/C10H8O3S.C6H7N/c11-14(12,13)10-7-3-5-8-4-1-2-6-9(8)10;7-6-4-2-1-3-5-6/h1-7H,(H,11,12,13);1-5H,7H2. The highest BCUT2D eigenvalue weighted by Gasteiger charge is 2.12. The molecule has 3 rings (SSSR count). The largest absolute Gasteiger partial charge is 0.399 e. The van der Waals surface area contributed by atoms with E-state index < -0.39 is 10.1 Å². The van der Waals surface area contributed by atoms with Crippen LogP contribution in [0, 0.1) is 0 Å². The van der Waals surface area contributed by atoms with Gasteiger partial charge in [0.05, 0.1) is 0 Å². The number of hydrogen-bond acceptors (Lipinski definition) is 3. The molecule has 5 heteroatoms. The first-order valence-electron chi connectivity index (χ1n) is 6.24. The van der Waals surface area contributed by atoms with Gasteiger partial charge < -0.3 is 5.73 Å². The second-order valence-electron chi connectivity index (χ2n) is 4.36. The van der Waals surface area contributed by atoms with Crippen LogP contribution < -0.4 is 5.73 Å². The van der Waals surface area contributed by atoms with E-state index in [1.165, 1.54) is 6.07 Å². The van der Waals surface area contributed by atoms with E-state index in [1.54, 1.807) is 30.3 Å². The molecule has 4 nitrogen and oxygen atoms in total. The molecule has 0 bridgehead atoms. The Morgan fingerprint density at radius 1 is 0.762 bits per heavy atom. The number of para-hydroxylation sites is 1. The van der Waals surface area contributed by atoms with Gasteiger partial charge in [-0.1, -0.05) is 54.6 Å². The van der Waals surface area contributed by atoms with Gasteiger partial charge >= 0.3 is 0 Å². The molecule has 108 valence electrons. The number of hydrogen-bond donors (Lipinski definition) is 2. The molecular formula is C16H15NO3S. The lowest BCUT2D eigenvalue weighted by Crippen LogP contribution is -1.98. The summed E-state index contributed by atoms with van der Waals surface area (Å²) in [7, 11) is -4.13. The molecule has 0 aliphatic carbocycles. The van der Waals surface area contributed by atoms with E-state index in [4.69, 9.17) is 10.3 Å². The van der Waals surface area contributed by atoms with Gasteiger partial charge in [-0.15, -0.1) is 0 Å². The fraction of sp³-hybridized carbons (Fsp3) is 0. The Hall–Kier alpha value is -2.37.